The molecular weight excluding hydrogens is 340 g/mol. The summed E-state index contributed by atoms with van der Waals surface area (Å²) in [6.07, 6.45) is 6.71. The van der Waals surface area contributed by atoms with E-state index in [1.165, 1.54) is 6.21 Å². The highest BCUT2D eigenvalue weighted by molar-refractivity contribution is 6.30. The number of carbonyl (C=O) groups excluding carboxylic acids is 1. The third-order valence-corrected chi connectivity index (χ3v) is 3.32. The van der Waals surface area contributed by atoms with Crippen LogP contribution in [0.5, 0.6) is 11.5 Å². The normalized spacial score (nSPS) is 10.3. The summed E-state index contributed by atoms with van der Waals surface area (Å²) in [6, 6.07) is 11.8. The van der Waals surface area contributed by atoms with E-state index in [1.54, 1.807) is 42.5 Å². The lowest BCUT2D eigenvalue weighted by Crippen LogP contribution is -2.17. The average Bonchev–Trinajstić information content (AvgIpc) is 2.62. The highest BCUT2D eigenvalue weighted by Gasteiger charge is 2.06. The molecule has 0 bridgehead atoms. The van der Waals surface area contributed by atoms with Gasteiger partial charge in [0.05, 0.1) is 12.8 Å². The summed E-state index contributed by atoms with van der Waals surface area (Å²) in [4.78, 5) is 12.0. The second kappa shape index (κ2) is 9.36. The zero-order valence-corrected chi connectivity index (χ0v) is 14.4. The lowest BCUT2D eigenvalue weighted by Gasteiger charge is -2.10. The van der Waals surface area contributed by atoms with Gasteiger partial charge in [-0.15, -0.1) is 6.42 Å². The first-order chi connectivity index (χ1) is 12.1. The molecule has 0 heterocycles. The van der Waals surface area contributed by atoms with Crippen LogP contribution in [0.25, 0.3) is 0 Å². The molecule has 5 nitrogen and oxygen atoms in total. The molecule has 0 unspecified atom stereocenters. The molecule has 0 atom stereocenters. The van der Waals surface area contributed by atoms with Crippen molar-refractivity contribution in [2.75, 3.05) is 13.2 Å². The number of carbonyl (C=O) groups is 1. The van der Waals surface area contributed by atoms with Gasteiger partial charge >= 0.3 is 0 Å². The van der Waals surface area contributed by atoms with Gasteiger partial charge in [0.25, 0.3) is 5.91 Å². The zero-order chi connectivity index (χ0) is 18.1. The minimum absolute atomic E-state index is 0.157. The summed E-state index contributed by atoms with van der Waals surface area (Å²) in [5.41, 5.74) is 3.67. The largest absolute Gasteiger partial charge is 0.490 e. The van der Waals surface area contributed by atoms with Crippen LogP contribution in [0.4, 0.5) is 0 Å². The van der Waals surface area contributed by atoms with Crippen LogP contribution in [0.1, 0.15) is 22.8 Å². The minimum Gasteiger partial charge on any atom is -0.490 e. The second-order valence-corrected chi connectivity index (χ2v) is 5.27. The Morgan fingerprint density at radius 2 is 2.00 bits per heavy atom. The molecule has 0 aliphatic rings. The van der Waals surface area contributed by atoms with Crippen molar-refractivity contribution in [3.05, 3.63) is 58.6 Å². The number of ether oxygens (including phenoxy) is 2. The predicted molar refractivity (Wildman–Crippen MR) is 98.5 cm³/mol. The van der Waals surface area contributed by atoms with Gasteiger partial charge in [0.2, 0.25) is 0 Å². The molecule has 0 fully saturated rings. The number of amides is 1. The van der Waals surface area contributed by atoms with Crippen molar-refractivity contribution in [1.29, 1.82) is 0 Å². The first kappa shape index (κ1) is 18.4. The molecule has 0 saturated carbocycles. The van der Waals surface area contributed by atoms with E-state index in [0.29, 0.717) is 28.7 Å². The van der Waals surface area contributed by atoms with E-state index in [-0.39, 0.29) is 12.5 Å². The summed E-state index contributed by atoms with van der Waals surface area (Å²) >= 11 is 5.79. The molecule has 1 amide bonds. The van der Waals surface area contributed by atoms with Gasteiger partial charge in [-0.1, -0.05) is 17.5 Å². The van der Waals surface area contributed by atoms with Gasteiger partial charge < -0.3 is 9.47 Å². The van der Waals surface area contributed by atoms with Gasteiger partial charge in [-0.2, -0.15) is 5.10 Å². The van der Waals surface area contributed by atoms with Crippen molar-refractivity contribution in [3.63, 3.8) is 0 Å². The Bertz CT molecular complexity index is 795. The van der Waals surface area contributed by atoms with Crippen molar-refractivity contribution < 1.29 is 14.3 Å². The number of hydrogen-bond donors (Lipinski definition) is 1. The van der Waals surface area contributed by atoms with Crippen LogP contribution < -0.4 is 14.9 Å². The number of nitrogens with zero attached hydrogens (tertiary/aromatic N) is 1. The molecule has 25 heavy (non-hydrogen) atoms. The van der Waals surface area contributed by atoms with Gasteiger partial charge in [-0.25, -0.2) is 5.43 Å². The number of hydrogen-bond acceptors (Lipinski definition) is 4. The molecule has 0 spiro atoms. The molecule has 1 N–H and O–H groups in total. The Hall–Kier alpha value is -2.97. The number of benzene rings is 2. The summed E-state index contributed by atoms with van der Waals surface area (Å²) in [5, 5.41) is 4.51. The third kappa shape index (κ3) is 5.55. The fourth-order valence-electron chi connectivity index (χ4n) is 1.94. The lowest BCUT2D eigenvalue weighted by molar-refractivity contribution is 0.0955. The van der Waals surface area contributed by atoms with Gasteiger partial charge in [-0.3, -0.25) is 4.79 Å². The molecule has 128 valence electrons. The topological polar surface area (TPSA) is 59.9 Å². The highest BCUT2D eigenvalue weighted by Crippen LogP contribution is 2.27. The first-order valence-corrected chi connectivity index (χ1v) is 7.94. The third-order valence-electron chi connectivity index (χ3n) is 3.06. The molecule has 0 saturated heterocycles. The van der Waals surface area contributed by atoms with E-state index in [4.69, 9.17) is 27.5 Å². The maximum atomic E-state index is 12.0. The maximum absolute atomic E-state index is 12.0. The van der Waals surface area contributed by atoms with Crippen LogP contribution >= 0.6 is 11.6 Å². The lowest BCUT2D eigenvalue weighted by atomic mass is 10.2. The van der Waals surface area contributed by atoms with Crippen molar-refractivity contribution in [2.24, 2.45) is 5.10 Å². The Morgan fingerprint density at radius 1 is 1.24 bits per heavy atom. The molecule has 2 aromatic rings. The molecule has 6 heteroatoms. The van der Waals surface area contributed by atoms with E-state index in [2.05, 4.69) is 16.4 Å². The van der Waals surface area contributed by atoms with Gasteiger partial charge in [0, 0.05) is 10.6 Å². The van der Waals surface area contributed by atoms with Crippen molar-refractivity contribution in [1.82, 2.24) is 5.43 Å². The summed E-state index contributed by atoms with van der Waals surface area (Å²) in [7, 11) is 0. The zero-order valence-electron chi connectivity index (χ0n) is 13.7. The Morgan fingerprint density at radius 3 is 2.68 bits per heavy atom. The van der Waals surface area contributed by atoms with Crippen molar-refractivity contribution >= 4 is 23.7 Å². The van der Waals surface area contributed by atoms with E-state index in [9.17, 15) is 4.79 Å². The fourth-order valence-corrected chi connectivity index (χ4v) is 2.07. The number of terminal acetylenes is 1. The van der Waals surface area contributed by atoms with Crippen molar-refractivity contribution in [3.8, 4) is 23.8 Å². The molecular formula is C19H17ClN2O3. The summed E-state index contributed by atoms with van der Waals surface area (Å²) in [6.45, 7) is 2.52. The summed E-state index contributed by atoms with van der Waals surface area (Å²) < 4.78 is 10.9. The number of halogens is 1. The Kier molecular flexibility index (Phi) is 6.87. The van der Waals surface area contributed by atoms with Crippen molar-refractivity contribution in [2.45, 2.75) is 6.92 Å². The average molecular weight is 357 g/mol. The van der Waals surface area contributed by atoms with E-state index in [0.717, 1.165) is 5.56 Å². The molecule has 2 aromatic carbocycles. The fraction of sp³-hybridized carbons (Fsp3) is 0.158. The van der Waals surface area contributed by atoms with E-state index in [1.807, 2.05) is 6.92 Å². The van der Waals surface area contributed by atoms with Gasteiger partial charge in [-0.05, 0) is 55.0 Å². The summed E-state index contributed by atoms with van der Waals surface area (Å²) in [5.74, 6) is 3.20. The number of nitrogens with one attached hydrogen (secondary N) is 1. The molecule has 0 aromatic heterocycles. The number of hydrazone groups is 1. The number of rotatable bonds is 7. The first-order valence-electron chi connectivity index (χ1n) is 7.56. The SMILES string of the molecule is C#CCOc1ccc(/C=N\NC(=O)c2ccc(Cl)cc2)cc1OCC. The van der Waals surface area contributed by atoms with E-state index >= 15 is 0 Å². The standard InChI is InChI=1S/C19H17ClN2O3/c1-3-11-25-17-10-5-14(12-18(17)24-4-2)13-21-22-19(23)15-6-8-16(20)9-7-15/h1,5-10,12-13H,4,11H2,2H3,(H,22,23)/b21-13-. The van der Waals surface area contributed by atoms with Crippen LogP contribution in [-0.4, -0.2) is 25.3 Å². The molecule has 0 aliphatic heterocycles. The minimum atomic E-state index is -0.327. The maximum Gasteiger partial charge on any atom is 0.271 e. The van der Waals surface area contributed by atoms with Crippen LogP contribution in [-0.2, 0) is 0 Å². The van der Waals surface area contributed by atoms with Crippen LogP contribution in [0, 0.1) is 12.3 Å². The highest BCUT2D eigenvalue weighted by atomic mass is 35.5. The monoisotopic (exact) mass is 356 g/mol. The van der Waals surface area contributed by atoms with Gasteiger partial charge in [0.1, 0.15) is 6.61 Å². The molecule has 0 radical (unpaired) electrons. The van der Waals surface area contributed by atoms with Crippen LogP contribution in [0.3, 0.4) is 0 Å². The quantitative estimate of drug-likeness (QED) is 0.469. The van der Waals surface area contributed by atoms with E-state index < -0.39 is 0 Å². The van der Waals surface area contributed by atoms with Crippen LogP contribution in [0.15, 0.2) is 47.6 Å². The smallest absolute Gasteiger partial charge is 0.271 e. The molecule has 0 aliphatic carbocycles. The second-order valence-electron chi connectivity index (χ2n) is 4.84. The predicted octanol–water partition coefficient (Wildman–Crippen LogP) is 3.51. The molecule has 2 rings (SSSR count). The van der Waals surface area contributed by atoms with Crippen LogP contribution in [0.2, 0.25) is 5.02 Å². The Balaban J connectivity index is 2.04. The van der Waals surface area contributed by atoms with Gasteiger partial charge in [0.15, 0.2) is 11.5 Å². The Labute approximate surface area is 151 Å².